The first kappa shape index (κ1) is 14.4. The van der Waals surface area contributed by atoms with Crippen molar-refractivity contribution in [1.29, 1.82) is 0 Å². The van der Waals surface area contributed by atoms with Gasteiger partial charge in [0.2, 0.25) is 0 Å². The van der Waals surface area contributed by atoms with Gasteiger partial charge in [0.1, 0.15) is 5.69 Å². The van der Waals surface area contributed by atoms with Crippen LogP contribution in [0.2, 0.25) is 0 Å². The van der Waals surface area contributed by atoms with Crippen molar-refractivity contribution in [3.63, 3.8) is 0 Å². The van der Waals surface area contributed by atoms with Crippen LogP contribution in [0, 0.1) is 21.8 Å². The second-order valence-electron chi connectivity index (χ2n) is 4.56. The number of benzene rings is 1. The molecule has 0 amide bonds. The Hall–Kier alpha value is -1.69. The zero-order valence-corrected chi connectivity index (χ0v) is 10.4. The normalized spacial score (nSPS) is 12.5. The number of para-hydroxylation sites is 1. The molecule has 0 radical (unpaired) electrons. The van der Waals surface area contributed by atoms with Crippen LogP contribution >= 0.6 is 0 Å². The number of anilines is 1. The third-order valence-electron chi connectivity index (χ3n) is 2.45. The Kier molecular flexibility index (Phi) is 5.03. The molecular weight excluding hydrogens is 239 g/mol. The van der Waals surface area contributed by atoms with E-state index in [0.717, 1.165) is 6.07 Å². The van der Waals surface area contributed by atoms with Gasteiger partial charge in [-0.15, -0.1) is 0 Å². The van der Waals surface area contributed by atoms with E-state index in [1.807, 2.05) is 13.8 Å². The van der Waals surface area contributed by atoms with Gasteiger partial charge in [-0.1, -0.05) is 19.9 Å². The number of nitro benzene ring substituents is 1. The summed E-state index contributed by atoms with van der Waals surface area (Å²) in [4.78, 5) is 10.1. The molecule has 1 aromatic carbocycles. The smallest absolute Gasteiger partial charge is 0.295 e. The van der Waals surface area contributed by atoms with Gasteiger partial charge in [0.15, 0.2) is 5.82 Å². The molecule has 6 heteroatoms. The molecule has 1 unspecified atom stereocenters. The van der Waals surface area contributed by atoms with Crippen molar-refractivity contribution in [3.8, 4) is 0 Å². The lowest BCUT2D eigenvalue weighted by Gasteiger charge is -2.15. The first-order valence-corrected chi connectivity index (χ1v) is 5.76. The molecule has 100 valence electrons. The van der Waals surface area contributed by atoms with Gasteiger partial charge in [-0.3, -0.25) is 10.1 Å². The van der Waals surface area contributed by atoms with Crippen molar-refractivity contribution < 1.29 is 14.4 Å². The molecule has 0 spiro atoms. The largest absolute Gasteiger partial charge is 0.391 e. The van der Waals surface area contributed by atoms with E-state index in [4.69, 9.17) is 0 Å². The minimum Gasteiger partial charge on any atom is -0.391 e. The van der Waals surface area contributed by atoms with Crippen LogP contribution in [0.1, 0.15) is 20.3 Å². The van der Waals surface area contributed by atoms with Gasteiger partial charge in [-0.05, 0) is 18.4 Å². The average molecular weight is 256 g/mol. The maximum absolute atomic E-state index is 13.5. The number of hydrogen-bond donors (Lipinski definition) is 2. The molecule has 0 aromatic heterocycles. The van der Waals surface area contributed by atoms with E-state index in [2.05, 4.69) is 5.32 Å². The number of aliphatic hydroxyl groups is 1. The topological polar surface area (TPSA) is 75.4 Å². The van der Waals surface area contributed by atoms with E-state index in [9.17, 15) is 19.6 Å². The van der Waals surface area contributed by atoms with Crippen molar-refractivity contribution in [2.75, 3.05) is 11.9 Å². The lowest BCUT2D eigenvalue weighted by atomic mass is 10.1. The summed E-state index contributed by atoms with van der Waals surface area (Å²) in [7, 11) is 0. The van der Waals surface area contributed by atoms with Crippen molar-refractivity contribution in [1.82, 2.24) is 0 Å². The summed E-state index contributed by atoms with van der Waals surface area (Å²) in [6, 6.07) is 3.65. The van der Waals surface area contributed by atoms with E-state index < -0.39 is 16.8 Å². The molecule has 1 rings (SSSR count). The first-order valence-electron chi connectivity index (χ1n) is 5.76. The van der Waals surface area contributed by atoms with Crippen LogP contribution in [0.3, 0.4) is 0 Å². The van der Waals surface area contributed by atoms with Crippen molar-refractivity contribution in [2.45, 2.75) is 26.4 Å². The highest BCUT2D eigenvalue weighted by Gasteiger charge is 2.18. The highest BCUT2D eigenvalue weighted by molar-refractivity contribution is 5.62. The second-order valence-corrected chi connectivity index (χ2v) is 4.56. The monoisotopic (exact) mass is 256 g/mol. The highest BCUT2D eigenvalue weighted by Crippen LogP contribution is 2.26. The number of nitro groups is 1. The van der Waals surface area contributed by atoms with Crippen LogP contribution in [-0.2, 0) is 0 Å². The zero-order chi connectivity index (χ0) is 13.7. The summed E-state index contributed by atoms with van der Waals surface area (Å²) in [5, 5.41) is 23.0. The molecule has 0 saturated carbocycles. The molecule has 1 atom stereocenters. The summed E-state index contributed by atoms with van der Waals surface area (Å²) in [6.07, 6.45) is -0.112. The average Bonchev–Trinajstić information content (AvgIpc) is 2.25. The van der Waals surface area contributed by atoms with Crippen molar-refractivity contribution in [3.05, 3.63) is 34.1 Å². The Morgan fingerprint density at radius 3 is 2.72 bits per heavy atom. The summed E-state index contributed by atoms with van der Waals surface area (Å²) in [5.74, 6) is -0.390. The van der Waals surface area contributed by atoms with E-state index in [0.29, 0.717) is 12.3 Å². The third-order valence-corrected chi connectivity index (χ3v) is 2.45. The molecule has 0 aliphatic rings. The molecule has 2 N–H and O–H groups in total. The van der Waals surface area contributed by atoms with E-state index in [-0.39, 0.29) is 17.9 Å². The standard InChI is InChI=1S/C12H17FN2O3/c1-8(2)6-9(16)7-14-12-10(13)4-3-5-11(12)15(17)18/h3-5,8-9,14,16H,6-7H2,1-2H3. The van der Waals surface area contributed by atoms with Crippen LogP contribution < -0.4 is 5.32 Å². The van der Waals surface area contributed by atoms with Gasteiger partial charge >= 0.3 is 0 Å². The maximum Gasteiger partial charge on any atom is 0.295 e. The van der Waals surface area contributed by atoms with E-state index >= 15 is 0 Å². The van der Waals surface area contributed by atoms with Crippen LogP contribution in [-0.4, -0.2) is 22.7 Å². The van der Waals surface area contributed by atoms with Gasteiger partial charge in [0.05, 0.1) is 11.0 Å². The van der Waals surface area contributed by atoms with Gasteiger partial charge in [0, 0.05) is 12.6 Å². The molecule has 0 heterocycles. The van der Waals surface area contributed by atoms with Crippen LogP contribution in [0.15, 0.2) is 18.2 Å². The predicted octanol–water partition coefficient (Wildman–Crippen LogP) is 2.55. The molecule has 18 heavy (non-hydrogen) atoms. The predicted molar refractivity (Wildman–Crippen MR) is 67.0 cm³/mol. The Morgan fingerprint density at radius 2 is 2.17 bits per heavy atom. The lowest BCUT2D eigenvalue weighted by molar-refractivity contribution is -0.384. The SMILES string of the molecule is CC(C)CC(O)CNc1c(F)cccc1[N+](=O)[O-]. The quantitative estimate of drug-likeness (QED) is 0.606. The number of nitrogens with one attached hydrogen (secondary N) is 1. The minimum atomic E-state index is -0.694. The Bertz CT molecular complexity index is 424. The van der Waals surface area contributed by atoms with Crippen LogP contribution in [0.5, 0.6) is 0 Å². The van der Waals surface area contributed by atoms with E-state index in [1.54, 1.807) is 0 Å². The van der Waals surface area contributed by atoms with Gasteiger partial charge < -0.3 is 10.4 Å². The Labute approximate surface area is 105 Å². The van der Waals surface area contributed by atoms with Gasteiger partial charge in [-0.2, -0.15) is 0 Å². The molecule has 0 saturated heterocycles. The minimum absolute atomic E-state index is 0.0833. The number of halogens is 1. The van der Waals surface area contributed by atoms with Gasteiger partial charge in [0.25, 0.3) is 5.69 Å². The van der Waals surface area contributed by atoms with Crippen molar-refractivity contribution >= 4 is 11.4 Å². The zero-order valence-electron chi connectivity index (χ0n) is 10.4. The number of nitrogens with zero attached hydrogens (tertiary/aromatic N) is 1. The highest BCUT2D eigenvalue weighted by atomic mass is 19.1. The molecule has 0 aliphatic carbocycles. The maximum atomic E-state index is 13.5. The van der Waals surface area contributed by atoms with Crippen molar-refractivity contribution in [2.24, 2.45) is 5.92 Å². The fourth-order valence-electron chi connectivity index (χ4n) is 1.69. The Morgan fingerprint density at radius 1 is 1.50 bits per heavy atom. The number of hydrogen-bond acceptors (Lipinski definition) is 4. The summed E-state index contributed by atoms with van der Waals surface area (Å²) < 4.78 is 13.5. The molecule has 1 aromatic rings. The number of rotatable bonds is 6. The summed E-state index contributed by atoms with van der Waals surface area (Å²) >= 11 is 0. The summed E-state index contributed by atoms with van der Waals surface area (Å²) in [5.41, 5.74) is -0.503. The molecule has 0 aliphatic heterocycles. The lowest BCUT2D eigenvalue weighted by Crippen LogP contribution is -2.22. The Balaban J connectivity index is 2.75. The van der Waals surface area contributed by atoms with Crippen LogP contribution in [0.25, 0.3) is 0 Å². The summed E-state index contributed by atoms with van der Waals surface area (Å²) in [6.45, 7) is 3.99. The fourth-order valence-corrected chi connectivity index (χ4v) is 1.69. The third kappa shape index (κ3) is 3.96. The van der Waals surface area contributed by atoms with Crippen LogP contribution in [0.4, 0.5) is 15.8 Å². The molecule has 0 fully saturated rings. The molecular formula is C12H17FN2O3. The van der Waals surface area contributed by atoms with Gasteiger partial charge in [-0.25, -0.2) is 4.39 Å². The molecule has 0 bridgehead atoms. The molecule has 5 nitrogen and oxygen atoms in total. The first-order chi connectivity index (χ1) is 8.41. The fraction of sp³-hybridized carbons (Fsp3) is 0.500. The second kappa shape index (κ2) is 6.30. The number of aliphatic hydroxyl groups excluding tert-OH is 1. The van der Waals surface area contributed by atoms with E-state index in [1.165, 1.54) is 12.1 Å².